The van der Waals surface area contributed by atoms with Gasteiger partial charge in [-0.1, -0.05) is 29.8 Å². The van der Waals surface area contributed by atoms with Crippen LogP contribution in [0.2, 0.25) is 5.02 Å². The van der Waals surface area contributed by atoms with Crippen molar-refractivity contribution in [1.82, 2.24) is 4.98 Å². The van der Waals surface area contributed by atoms with Crippen LogP contribution in [0.15, 0.2) is 48.5 Å². The number of ether oxygens (including phenoxy) is 1. The average Bonchev–Trinajstić information content (AvgIpc) is 2.84. The van der Waals surface area contributed by atoms with Crippen molar-refractivity contribution in [3.8, 4) is 11.5 Å². The molecule has 20 heavy (non-hydrogen) atoms. The Morgan fingerprint density at radius 1 is 1.15 bits per heavy atom. The number of hydrogen-bond acceptors (Lipinski definition) is 2. The molecule has 3 rings (SSSR count). The lowest BCUT2D eigenvalue weighted by Crippen LogP contribution is -2.10. The van der Waals surface area contributed by atoms with E-state index in [0.29, 0.717) is 27.7 Å². The Labute approximate surface area is 120 Å². The molecule has 0 aliphatic carbocycles. The highest BCUT2D eigenvalue weighted by Gasteiger charge is 2.12. The first-order chi connectivity index (χ1) is 9.63. The summed E-state index contributed by atoms with van der Waals surface area (Å²) < 4.78 is 5.81. The molecule has 3 aromatic rings. The van der Waals surface area contributed by atoms with Crippen molar-refractivity contribution in [1.29, 1.82) is 0 Å². The van der Waals surface area contributed by atoms with E-state index in [4.69, 9.17) is 22.1 Å². The smallest absolute Gasteiger partial charge is 0.265 e. The number of aromatic amines is 1. The Morgan fingerprint density at radius 2 is 1.90 bits per heavy atom. The van der Waals surface area contributed by atoms with Crippen LogP contribution in [0.25, 0.3) is 10.9 Å². The predicted octanol–water partition coefficient (Wildman–Crippen LogP) is 3.71. The highest BCUT2D eigenvalue weighted by atomic mass is 35.5. The Morgan fingerprint density at radius 3 is 2.60 bits per heavy atom. The number of para-hydroxylation sites is 1. The Balaban J connectivity index is 2.11. The first-order valence-corrected chi connectivity index (χ1v) is 6.36. The third-order valence-corrected chi connectivity index (χ3v) is 3.12. The zero-order valence-corrected chi connectivity index (χ0v) is 11.1. The lowest BCUT2D eigenvalue weighted by Gasteiger charge is -2.07. The summed E-state index contributed by atoms with van der Waals surface area (Å²) in [4.78, 5) is 14.2. The van der Waals surface area contributed by atoms with Gasteiger partial charge in [-0.25, -0.2) is 0 Å². The van der Waals surface area contributed by atoms with Crippen molar-refractivity contribution >= 4 is 28.4 Å². The fraction of sp³-hybridized carbons (Fsp3) is 0. The Kier molecular flexibility index (Phi) is 3.08. The second-order valence-electron chi connectivity index (χ2n) is 4.33. The predicted molar refractivity (Wildman–Crippen MR) is 78.3 cm³/mol. The molecule has 0 spiro atoms. The molecule has 5 heteroatoms. The monoisotopic (exact) mass is 286 g/mol. The molecule has 0 fully saturated rings. The quantitative estimate of drug-likeness (QED) is 0.770. The number of fused-ring (bicyclic) bond motifs is 1. The zero-order valence-electron chi connectivity index (χ0n) is 10.4. The summed E-state index contributed by atoms with van der Waals surface area (Å²) in [5.74, 6) is 0.739. The molecule has 0 unspecified atom stereocenters. The van der Waals surface area contributed by atoms with Crippen molar-refractivity contribution in [3.63, 3.8) is 0 Å². The van der Waals surface area contributed by atoms with Crippen LogP contribution in [0.3, 0.4) is 0 Å². The van der Waals surface area contributed by atoms with Crippen LogP contribution in [-0.4, -0.2) is 10.9 Å². The van der Waals surface area contributed by atoms with Crippen LogP contribution in [-0.2, 0) is 0 Å². The van der Waals surface area contributed by atoms with Gasteiger partial charge in [0.05, 0.1) is 5.52 Å². The average molecular weight is 287 g/mol. The summed E-state index contributed by atoms with van der Waals surface area (Å²) >= 11 is 6.06. The van der Waals surface area contributed by atoms with E-state index in [0.717, 1.165) is 5.39 Å². The Bertz CT molecular complexity index is 781. The number of nitrogens with one attached hydrogen (secondary N) is 1. The summed E-state index contributed by atoms with van der Waals surface area (Å²) in [6.45, 7) is 0. The largest absolute Gasteiger partial charge is 0.457 e. The maximum Gasteiger partial charge on any atom is 0.265 e. The number of H-pyrrole nitrogens is 1. The molecular formula is C15H11ClN2O2. The number of primary amides is 1. The van der Waals surface area contributed by atoms with E-state index < -0.39 is 5.91 Å². The summed E-state index contributed by atoms with van der Waals surface area (Å²) in [5.41, 5.74) is 6.30. The molecule has 0 atom stereocenters. The van der Waals surface area contributed by atoms with E-state index >= 15 is 0 Å². The summed E-state index contributed by atoms with van der Waals surface area (Å²) in [6, 6.07) is 14.4. The number of rotatable bonds is 3. The molecule has 1 amide bonds. The van der Waals surface area contributed by atoms with E-state index in [9.17, 15) is 4.79 Å². The number of halogens is 1. The first-order valence-electron chi connectivity index (χ1n) is 5.98. The molecular weight excluding hydrogens is 276 g/mol. The molecule has 1 heterocycles. The SMILES string of the molecule is NC(=O)c1cc2c(Oc3ccccc3)cc(Cl)cc2[nH]1. The standard InChI is InChI=1S/C15H11ClN2O2/c16-9-6-12-11(8-13(18-12)15(17)19)14(7-9)20-10-4-2-1-3-5-10/h1-8,18H,(H2,17,19). The molecule has 0 aliphatic rings. The van der Waals surface area contributed by atoms with Crippen molar-refractivity contribution in [2.75, 3.05) is 0 Å². The molecule has 4 nitrogen and oxygen atoms in total. The van der Waals surface area contributed by atoms with E-state index in [1.165, 1.54) is 0 Å². The molecule has 1 aromatic heterocycles. The number of amides is 1. The van der Waals surface area contributed by atoms with Crippen LogP contribution >= 0.6 is 11.6 Å². The fourth-order valence-electron chi connectivity index (χ4n) is 2.00. The molecule has 0 saturated heterocycles. The van der Waals surface area contributed by atoms with Gasteiger partial charge < -0.3 is 15.5 Å². The van der Waals surface area contributed by atoms with Crippen molar-refractivity contribution in [3.05, 3.63) is 59.2 Å². The van der Waals surface area contributed by atoms with Crippen LogP contribution in [0, 0.1) is 0 Å². The van der Waals surface area contributed by atoms with Gasteiger partial charge in [-0.2, -0.15) is 0 Å². The second-order valence-corrected chi connectivity index (χ2v) is 4.76. The molecule has 0 aliphatic heterocycles. The van der Waals surface area contributed by atoms with Gasteiger partial charge >= 0.3 is 0 Å². The minimum atomic E-state index is -0.525. The first kappa shape index (κ1) is 12.6. The van der Waals surface area contributed by atoms with Gasteiger partial charge in [-0.15, -0.1) is 0 Å². The third kappa shape index (κ3) is 2.33. The van der Waals surface area contributed by atoms with Crippen molar-refractivity contribution in [2.24, 2.45) is 5.73 Å². The van der Waals surface area contributed by atoms with Crippen LogP contribution in [0.1, 0.15) is 10.5 Å². The van der Waals surface area contributed by atoms with Gasteiger partial charge in [0.1, 0.15) is 17.2 Å². The van der Waals surface area contributed by atoms with E-state index in [2.05, 4.69) is 4.98 Å². The highest BCUT2D eigenvalue weighted by Crippen LogP contribution is 2.33. The fourth-order valence-corrected chi connectivity index (χ4v) is 2.21. The van der Waals surface area contributed by atoms with Gasteiger partial charge in [0.25, 0.3) is 5.91 Å². The minimum absolute atomic E-state index is 0.320. The lowest BCUT2D eigenvalue weighted by atomic mass is 10.2. The van der Waals surface area contributed by atoms with Gasteiger partial charge in [-0.05, 0) is 24.3 Å². The van der Waals surface area contributed by atoms with E-state index in [1.54, 1.807) is 18.2 Å². The normalized spacial score (nSPS) is 10.7. The van der Waals surface area contributed by atoms with E-state index in [-0.39, 0.29) is 0 Å². The highest BCUT2D eigenvalue weighted by molar-refractivity contribution is 6.31. The van der Waals surface area contributed by atoms with Crippen molar-refractivity contribution in [2.45, 2.75) is 0 Å². The molecule has 100 valence electrons. The lowest BCUT2D eigenvalue weighted by molar-refractivity contribution is 0.0996. The number of benzene rings is 2. The van der Waals surface area contributed by atoms with Gasteiger partial charge in [-0.3, -0.25) is 4.79 Å². The minimum Gasteiger partial charge on any atom is -0.457 e. The number of aromatic nitrogens is 1. The number of nitrogens with two attached hydrogens (primary N) is 1. The maximum absolute atomic E-state index is 11.2. The molecule has 3 N–H and O–H groups in total. The molecule has 0 radical (unpaired) electrons. The molecule has 0 saturated carbocycles. The van der Waals surface area contributed by atoms with Crippen LogP contribution < -0.4 is 10.5 Å². The number of carbonyl (C=O) groups is 1. The molecule has 0 bridgehead atoms. The summed E-state index contributed by atoms with van der Waals surface area (Å²) in [6.07, 6.45) is 0. The van der Waals surface area contributed by atoms with Crippen molar-refractivity contribution < 1.29 is 9.53 Å². The molecule has 2 aromatic carbocycles. The summed E-state index contributed by atoms with van der Waals surface area (Å²) in [5, 5.41) is 1.27. The van der Waals surface area contributed by atoms with Gasteiger partial charge in [0.15, 0.2) is 0 Å². The number of carbonyl (C=O) groups excluding carboxylic acids is 1. The Hall–Kier alpha value is -2.46. The topological polar surface area (TPSA) is 68.1 Å². The zero-order chi connectivity index (χ0) is 14.1. The second kappa shape index (κ2) is 4.90. The number of hydrogen-bond donors (Lipinski definition) is 2. The van der Waals surface area contributed by atoms with E-state index in [1.807, 2.05) is 30.3 Å². The van der Waals surface area contributed by atoms with Gasteiger partial charge in [0, 0.05) is 16.5 Å². The van der Waals surface area contributed by atoms with Gasteiger partial charge in [0.2, 0.25) is 0 Å². The summed E-state index contributed by atoms with van der Waals surface area (Å²) in [7, 11) is 0. The third-order valence-electron chi connectivity index (χ3n) is 2.90. The maximum atomic E-state index is 11.2. The van der Waals surface area contributed by atoms with Crippen LogP contribution in [0.4, 0.5) is 0 Å². The van der Waals surface area contributed by atoms with Crippen LogP contribution in [0.5, 0.6) is 11.5 Å².